The zero-order valence-electron chi connectivity index (χ0n) is 18.8. The molecule has 0 aromatic heterocycles. The number of hydrogen-bond acceptors (Lipinski definition) is 7. The van der Waals surface area contributed by atoms with Crippen molar-refractivity contribution in [3.63, 3.8) is 0 Å². The number of para-hydroxylation sites is 2. The number of nitrogens with zero attached hydrogens (tertiary/aromatic N) is 1. The maximum atomic E-state index is 13.4. The number of anilines is 1. The van der Waals surface area contributed by atoms with Gasteiger partial charge < -0.3 is 24.3 Å². The monoisotopic (exact) mass is 440 g/mol. The second-order valence-electron chi connectivity index (χ2n) is 6.96. The summed E-state index contributed by atoms with van der Waals surface area (Å²) in [7, 11) is 4.60. The third kappa shape index (κ3) is 4.70. The first-order valence-corrected chi connectivity index (χ1v) is 10.4. The molecule has 170 valence electrons. The summed E-state index contributed by atoms with van der Waals surface area (Å²) in [5.41, 5.74) is 1.58. The van der Waals surface area contributed by atoms with Gasteiger partial charge in [0.15, 0.2) is 11.5 Å². The molecule has 1 N–H and O–H groups in total. The quantitative estimate of drug-likeness (QED) is 0.424. The van der Waals surface area contributed by atoms with Crippen molar-refractivity contribution in [2.75, 3.05) is 46.4 Å². The molecule has 2 amide bonds. The molecule has 0 saturated heterocycles. The zero-order chi connectivity index (χ0) is 23.1. The maximum absolute atomic E-state index is 13.4. The number of rotatable bonds is 11. The van der Waals surface area contributed by atoms with Crippen LogP contribution in [-0.4, -0.2) is 57.8 Å². The highest BCUT2D eigenvalue weighted by Gasteiger charge is 2.39. The van der Waals surface area contributed by atoms with Gasteiger partial charge in [-0.05, 0) is 43.2 Å². The summed E-state index contributed by atoms with van der Waals surface area (Å²) in [6.07, 6.45) is 0.548. The fraction of sp³-hybridized carbons (Fsp3) is 0.333. The van der Waals surface area contributed by atoms with Crippen molar-refractivity contribution in [3.8, 4) is 17.2 Å². The number of hydrogen-bond donors (Lipinski definition) is 1. The summed E-state index contributed by atoms with van der Waals surface area (Å²) in [5, 5.41) is 3.13. The van der Waals surface area contributed by atoms with Crippen LogP contribution in [0.5, 0.6) is 17.2 Å². The van der Waals surface area contributed by atoms with Crippen molar-refractivity contribution in [3.05, 3.63) is 53.7 Å². The molecule has 32 heavy (non-hydrogen) atoms. The lowest BCUT2D eigenvalue weighted by molar-refractivity contribution is -0.137. The lowest BCUT2D eigenvalue weighted by Gasteiger charge is -2.15. The molecule has 0 spiro atoms. The molecular weight excluding hydrogens is 412 g/mol. The first-order chi connectivity index (χ1) is 15.5. The van der Waals surface area contributed by atoms with E-state index in [0.717, 1.165) is 0 Å². The van der Waals surface area contributed by atoms with Gasteiger partial charge in [0.25, 0.3) is 11.8 Å². The molecule has 0 radical (unpaired) electrons. The number of imide groups is 1. The number of ether oxygens (including phenoxy) is 4. The molecule has 8 nitrogen and oxygen atoms in total. The molecule has 3 rings (SSSR count). The van der Waals surface area contributed by atoms with Crippen LogP contribution < -0.4 is 19.5 Å². The number of methoxy groups -OCH3 is 3. The lowest BCUT2D eigenvalue weighted by Crippen LogP contribution is -2.34. The molecule has 1 heterocycles. The van der Waals surface area contributed by atoms with Crippen LogP contribution in [0.2, 0.25) is 0 Å². The van der Waals surface area contributed by atoms with E-state index in [0.29, 0.717) is 48.1 Å². The second kappa shape index (κ2) is 10.7. The molecule has 0 atom stereocenters. The van der Waals surface area contributed by atoms with Gasteiger partial charge in [0.1, 0.15) is 11.4 Å². The van der Waals surface area contributed by atoms with Gasteiger partial charge in [0.2, 0.25) is 0 Å². The van der Waals surface area contributed by atoms with E-state index in [2.05, 4.69) is 5.32 Å². The highest BCUT2D eigenvalue weighted by Crippen LogP contribution is 2.36. The Morgan fingerprint density at radius 2 is 1.59 bits per heavy atom. The minimum Gasteiger partial charge on any atom is -0.495 e. The largest absolute Gasteiger partial charge is 0.495 e. The van der Waals surface area contributed by atoms with Crippen LogP contribution in [0.4, 0.5) is 5.69 Å². The van der Waals surface area contributed by atoms with Gasteiger partial charge in [-0.1, -0.05) is 18.2 Å². The average Bonchev–Trinajstić information content (AvgIpc) is 3.05. The van der Waals surface area contributed by atoms with Gasteiger partial charge in [-0.25, -0.2) is 0 Å². The molecule has 0 saturated carbocycles. The highest BCUT2D eigenvalue weighted by atomic mass is 16.5. The predicted octanol–water partition coefficient (Wildman–Crippen LogP) is 3.33. The van der Waals surface area contributed by atoms with E-state index in [1.165, 1.54) is 19.1 Å². The molecule has 0 fully saturated rings. The fourth-order valence-corrected chi connectivity index (χ4v) is 3.51. The smallest absolute Gasteiger partial charge is 0.278 e. The Labute approximate surface area is 187 Å². The summed E-state index contributed by atoms with van der Waals surface area (Å²) < 4.78 is 21.4. The van der Waals surface area contributed by atoms with Gasteiger partial charge in [0, 0.05) is 19.8 Å². The third-order valence-electron chi connectivity index (χ3n) is 5.08. The van der Waals surface area contributed by atoms with E-state index in [1.54, 1.807) is 37.4 Å². The van der Waals surface area contributed by atoms with Crippen LogP contribution in [0.1, 0.15) is 18.9 Å². The Bertz CT molecular complexity index is 1020. The maximum Gasteiger partial charge on any atom is 0.278 e. The molecule has 0 aliphatic carbocycles. The molecular formula is C24H28N2O6. The van der Waals surface area contributed by atoms with Crippen LogP contribution in [0.15, 0.2) is 48.2 Å². The number of benzene rings is 2. The minimum atomic E-state index is -0.401. The van der Waals surface area contributed by atoms with E-state index >= 15 is 0 Å². The van der Waals surface area contributed by atoms with Crippen molar-refractivity contribution >= 4 is 23.1 Å². The summed E-state index contributed by atoms with van der Waals surface area (Å²) in [5.74, 6) is 0.769. The normalized spacial score (nSPS) is 13.6. The number of carbonyl (C=O) groups excluding carboxylic acids is 2. The Morgan fingerprint density at radius 1 is 0.875 bits per heavy atom. The van der Waals surface area contributed by atoms with E-state index < -0.39 is 5.91 Å². The molecule has 1 aliphatic heterocycles. The molecule has 1 aliphatic rings. The van der Waals surface area contributed by atoms with Gasteiger partial charge in [-0.3, -0.25) is 14.5 Å². The standard InChI is InChI=1S/C24H28N2O6/c1-5-32-14-8-13-26-23(27)21(16-11-12-19(30-3)20(15-16)31-4)22(24(26)28)25-17-9-6-7-10-18(17)29-2/h6-7,9-12,15,25H,5,8,13-14H2,1-4H3. The van der Waals surface area contributed by atoms with Crippen LogP contribution in [-0.2, 0) is 14.3 Å². The van der Waals surface area contributed by atoms with Crippen molar-refractivity contribution in [2.24, 2.45) is 0 Å². The van der Waals surface area contributed by atoms with Crippen molar-refractivity contribution in [1.82, 2.24) is 4.90 Å². The van der Waals surface area contributed by atoms with Crippen LogP contribution in [0.3, 0.4) is 0 Å². The van der Waals surface area contributed by atoms with Gasteiger partial charge in [-0.15, -0.1) is 0 Å². The van der Waals surface area contributed by atoms with Gasteiger partial charge in [0.05, 0.1) is 32.6 Å². The number of amides is 2. The fourth-order valence-electron chi connectivity index (χ4n) is 3.51. The van der Waals surface area contributed by atoms with Gasteiger partial charge in [-0.2, -0.15) is 0 Å². The van der Waals surface area contributed by atoms with Crippen LogP contribution in [0.25, 0.3) is 5.57 Å². The van der Waals surface area contributed by atoms with Crippen molar-refractivity contribution in [2.45, 2.75) is 13.3 Å². The Kier molecular flexibility index (Phi) is 7.72. The van der Waals surface area contributed by atoms with E-state index in [-0.39, 0.29) is 23.7 Å². The first kappa shape index (κ1) is 23.1. The van der Waals surface area contributed by atoms with Crippen LogP contribution in [0, 0.1) is 0 Å². The summed E-state index contributed by atoms with van der Waals surface area (Å²) in [6.45, 7) is 3.20. The zero-order valence-corrected chi connectivity index (χ0v) is 18.8. The Balaban J connectivity index is 2.03. The highest BCUT2D eigenvalue weighted by molar-refractivity contribution is 6.36. The van der Waals surface area contributed by atoms with Gasteiger partial charge >= 0.3 is 0 Å². The molecule has 2 aromatic carbocycles. The number of nitrogens with one attached hydrogen (secondary N) is 1. The first-order valence-electron chi connectivity index (χ1n) is 10.4. The van der Waals surface area contributed by atoms with Crippen molar-refractivity contribution in [1.29, 1.82) is 0 Å². The lowest BCUT2D eigenvalue weighted by atomic mass is 10.0. The molecule has 0 bridgehead atoms. The Morgan fingerprint density at radius 3 is 2.28 bits per heavy atom. The van der Waals surface area contributed by atoms with E-state index in [9.17, 15) is 9.59 Å². The summed E-state index contributed by atoms with van der Waals surface area (Å²) >= 11 is 0. The average molecular weight is 440 g/mol. The summed E-state index contributed by atoms with van der Waals surface area (Å²) in [4.78, 5) is 27.9. The minimum absolute atomic E-state index is 0.183. The summed E-state index contributed by atoms with van der Waals surface area (Å²) in [6, 6.07) is 12.3. The molecule has 0 unspecified atom stereocenters. The SMILES string of the molecule is CCOCCCN1C(=O)C(Nc2ccccc2OC)=C(c2ccc(OC)c(OC)c2)C1=O. The van der Waals surface area contributed by atoms with Crippen molar-refractivity contribution < 1.29 is 28.5 Å². The topological polar surface area (TPSA) is 86.3 Å². The molecule has 2 aromatic rings. The van der Waals surface area contributed by atoms with E-state index in [4.69, 9.17) is 18.9 Å². The number of carbonyl (C=O) groups is 2. The second-order valence-corrected chi connectivity index (χ2v) is 6.96. The predicted molar refractivity (Wildman–Crippen MR) is 121 cm³/mol. The third-order valence-corrected chi connectivity index (χ3v) is 5.08. The Hall–Kier alpha value is -3.52. The van der Waals surface area contributed by atoms with E-state index in [1.807, 2.05) is 19.1 Å². The molecule has 8 heteroatoms. The van der Waals surface area contributed by atoms with Crippen LogP contribution >= 0.6 is 0 Å².